The Morgan fingerprint density at radius 3 is 2.73 bits per heavy atom. The number of nitrogens with zero attached hydrogens (tertiary/aromatic N) is 1. The normalized spacial score (nSPS) is 15.5. The van der Waals surface area contributed by atoms with Gasteiger partial charge in [0, 0.05) is 6.54 Å². The van der Waals surface area contributed by atoms with Crippen molar-refractivity contribution in [3.63, 3.8) is 0 Å². The number of rotatable bonds is 6. The number of aryl methyl sites for hydroxylation is 2. The molecule has 1 aromatic heterocycles. The first-order valence-corrected chi connectivity index (χ1v) is 10.2. The van der Waals surface area contributed by atoms with Crippen LogP contribution in [0.25, 0.3) is 11.0 Å². The van der Waals surface area contributed by atoms with E-state index in [2.05, 4.69) is 6.58 Å². The van der Waals surface area contributed by atoms with Crippen molar-refractivity contribution in [2.75, 3.05) is 13.2 Å². The van der Waals surface area contributed by atoms with Crippen LogP contribution in [0.5, 0.6) is 5.75 Å². The average molecular weight is 403 g/mol. The molecule has 2 heterocycles. The van der Waals surface area contributed by atoms with Crippen molar-refractivity contribution in [1.82, 2.24) is 4.90 Å². The van der Waals surface area contributed by atoms with Gasteiger partial charge in [0.15, 0.2) is 5.43 Å². The molecule has 5 nitrogen and oxygen atoms in total. The zero-order valence-corrected chi connectivity index (χ0v) is 17.5. The Balaban J connectivity index is 1.96. The number of hydrogen-bond acceptors (Lipinski definition) is 4. The van der Waals surface area contributed by atoms with Gasteiger partial charge in [-0.15, -0.1) is 0 Å². The maximum Gasteiger partial charge on any atom is 0.290 e. The molecule has 154 valence electrons. The third-order valence-electron chi connectivity index (χ3n) is 5.40. The monoisotopic (exact) mass is 403 g/mol. The van der Waals surface area contributed by atoms with Gasteiger partial charge in [0.2, 0.25) is 5.76 Å². The summed E-state index contributed by atoms with van der Waals surface area (Å²) in [6, 6.07) is 10.8. The van der Waals surface area contributed by atoms with Gasteiger partial charge < -0.3 is 14.1 Å². The van der Waals surface area contributed by atoms with Crippen LogP contribution in [0.4, 0.5) is 0 Å². The molecule has 0 saturated heterocycles. The van der Waals surface area contributed by atoms with Crippen LogP contribution in [-0.4, -0.2) is 24.0 Å². The molecule has 0 bridgehead atoms. The van der Waals surface area contributed by atoms with Crippen molar-refractivity contribution < 1.29 is 13.9 Å². The minimum atomic E-state index is -0.499. The maximum atomic E-state index is 13.6. The molecule has 1 aliphatic rings. The molecular weight excluding hydrogens is 378 g/mol. The summed E-state index contributed by atoms with van der Waals surface area (Å²) in [4.78, 5) is 28.6. The Morgan fingerprint density at radius 1 is 1.20 bits per heavy atom. The molecule has 2 aromatic carbocycles. The predicted octanol–water partition coefficient (Wildman–Crippen LogP) is 4.93. The second-order valence-electron chi connectivity index (χ2n) is 7.71. The second-order valence-corrected chi connectivity index (χ2v) is 7.71. The number of carbonyl (C=O) groups excluding carboxylic acids is 1. The van der Waals surface area contributed by atoms with E-state index in [4.69, 9.17) is 9.15 Å². The third kappa shape index (κ3) is 3.20. The van der Waals surface area contributed by atoms with Gasteiger partial charge in [-0.25, -0.2) is 0 Å². The van der Waals surface area contributed by atoms with Crippen molar-refractivity contribution in [3.8, 4) is 5.75 Å². The van der Waals surface area contributed by atoms with Gasteiger partial charge in [-0.2, -0.15) is 0 Å². The minimum absolute atomic E-state index is 0.146. The quantitative estimate of drug-likeness (QED) is 0.548. The molecular formula is C25H25NO4. The van der Waals surface area contributed by atoms with Crippen LogP contribution in [0.3, 0.4) is 0 Å². The summed E-state index contributed by atoms with van der Waals surface area (Å²) in [6.07, 6.45) is 2.45. The summed E-state index contributed by atoms with van der Waals surface area (Å²) in [5.74, 6) is 0.574. The Morgan fingerprint density at radius 2 is 2.00 bits per heavy atom. The first-order chi connectivity index (χ1) is 14.5. The van der Waals surface area contributed by atoms with Gasteiger partial charge >= 0.3 is 0 Å². The van der Waals surface area contributed by atoms with E-state index in [1.807, 2.05) is 57.2 Å². The average Bonchev–Trinajstić information content (AvgIpc) is 3.00. The maximum absolute atomic E-state index is 13.6. The summed E-state index contributed by atoms with van der Waals surface area (Å²) in [6.45, 7) is 10.4. The molecule has 1 amide bonds. The fourth-order valence-corrected chi connectivity index (χ4v) is 4.22. The van der Waals surface area contributed by atoms with Crippen LogP contribution in [0.2, 0.25) is 0 Å². The van der Waals surface area contributed by atoms with Gasteiger partial charge in [-0.1, -0.05) is 37.8 Å². The molecule has 3 aromatic rings. The molecule has 1 aliphatic heterocycles. The van der Waals surface area contributed by atoms with Gasteiger partial charge in [0.25, 0.3) is 5.91 Å². The summed E-state index contributed by atoms with van der Waals surface area (Å²) < 4.78 is 11.7. The number of benzene rings is 2. The van der Waals surface area contributed by atoms with E-state index >= 15 is 0 Å². The SMILES string of the molecule is C=CCOc1cccc(C2c3c(oc4c(C)cc(C)cc4c3=O)C(=O)N2CCC)c1. The Bertz CT molecular complexity index is 1210. The molecule has 0 radical (unpaired) electrons. The van der Waals surface area contributed by atoms with E-state index in [-0.39, 0.29) is 17.1 Å². The fourth-order valence-electron chi connectivity index (χ4n) is 4.22. The summed E-state index contributed by atoms with van der Waals surface area (Å²) >= 11 is 0. The number of amides is 1. The van der Waals surface area contributed by atoms with Gasteiger partial charge in [0.05, 0.1) is 17.0 Å². The zero-order chi connectivity index (χ0) is 21.4. The van der Waals surface area contributed by atoms with Crippen LogP contribution in [0, 0.1) is 13.8 Å². The molecule has 0 saturated carbocycles. The summed E-state index contributed by atoms with van der Waals surface area (Å²) in [5, 5.41) is 0.515. The van der Waals surface area contributed by atoms with E-state index in [0.717, 1.165) is 23.1 Å². The molecule has 5 heteroatoms. The number of hydrogen-bond donors (Lipinski definition) is 0. The topological polar surface area (TPSA) is 59.8 Å². The van der Waals surface area contributed by atoms with Crippen molar-refractivity contribution in [2.45, 2.75) is 33.2 Å². The highest BCUT2D eigenvalue weighted by molar-refractivity contribution is 5.99. The molecule has 4 rings (SSSR count). The number of ether oxygens (including phenoxy) is 1. The van der Waals surface area contributed by atoms with Crippen molar-refractivity contribution >= 4 is 16.9 Å². The summed E-state index contributed by atoms with van der Waals surface area (Å²) in [7, 11) is 0. The molecule has 0 fully saturated rings. The molecule has 1 atom stereocenters. The van der Waals surface area contributed by atoms with E-state index in [9.17, 15) is 9.59 Å². The fraction of sp³-hybridized carbons (Fsp3) is 0.280. The molecule has 0 aliphatic carbocycles. The first-order valence-electron chi connectivity index (χ1n) is 10.2. The van der Waals surface area contributed by atoms with Crippen molar-refractivity contribution in [2.24, 2.45) is 0 Å². The Kier molecular flexibility index (Phi) is 5.20. The largest absolute Gasteiger partial charge is 0.490 e. The third-order valence-corrected chi connectivity index (χ3v) is 5.40. The molecule has 0 spiro atoms. The lowest BCUT2D eigenvalue weighted by molar-refractivity contribution is 0.0728. The Hall–Kier alpha value is -3.34. The van der Waals surface area contributed by atoms with Crippen molar-refractivity contribution in [1.29, 1.82) is 0 Å². The van der Waals surface area contributed by atoms with Crippen LogP contribution < -0.4 is 10.2 Å². The highest BCUT2D eigenvalue weighted by atomic mass is 16.5. The van der Waals surface area contributed by atoms with E-state index in [0.29, 0.717) is 35.4 Å². The predicted molar refractivity (Wildman–Crippen MR) is 117 cm³/mol. The lowest BCUT2D eigenvalue weighted by atomic mass is 9.97. The molecule has 30 heavy (non-hydrogen) atoms. The van der Waals surface area contributed by atoms with Gasteiger partial charge in [-0.05, 0) is 55.2 Å². The van der Waals surface area contributed by atoms with Gasteiger partial charge in [0.1, 0.15) is 17.9 Å². The van der Waals surface area contributed by atoms with Crippen LogP contribution in [0.15, 0.2) is 58.3 Å². The van der Waals surface area contributed by atoms with Gasteiger partial charge in [-0.3, -0.25) is 9.59 Å². The highest BCUT2D eigenvalue weighted by Gasteiger charge is 2.42. The Labute approximate surface area is 175 Å². The molecule has 0 N–H and O–H groups in total. The van der Waals surface area contributed by atoms with E-state index in [1.165, 1.54) is 0 Å². The number of fused-ring (bicyclic) bond motifs is 2. The van der Waals surface area contributed by atoms with Crippen LogP contribution in [0.1, 0.15) is 52.2 Å². The number of carbonyl (C=O) groups is 1. The lowest BCUT2D eigenvalue weighted by Gasteiger charge is -2.25. The first kappa shape index (κ1) is 20.0. The standard InChI is InChI=1S/C25H25NO4/c1-5-10-26-21(17-8-7-9-18(14-17)29-11-6-2)20-22(27)19-13-15(3)12-16(4)23(19)30-24(20)25(26)28/h6-9,12-14,21H,2,5,10-11H2,1,3-4H3. The smallest absolute Gasteiger partial charge is 0.290 e. The van der Waals surface area contributed by atoms with E-state index < -0.39 is 6.04 Å². The zero-order valence-electron chi connectivity index (χ0n) is 17.5. The minimum Gasteiger partial charge on any atom is -0.490 e. The van der Waals surface area contributed by atoms with Crippen LogP contribution >= 0.6 is 0 Å². The second kappa shape index (κ2) is 7.82. The van der Waals surface area contributed by atoms with Crippen LogP contribution in [-0.2, 0) is 0 Å². The lowest BCUT2D eigenvalue weighted by Crippen LogP contribution is -2.30. The summed E-state index contributed by atoms with van der Waals surface area (Å²) in [5.41, 5.74) is 3.41. The highest BCUT2D eigenvalue weighted by Crippen LogP contribution is 2.39. The van der Waals surface area contributed by atoms with E-state index in [1.54, 1.807) is 11.0 Å². The molecule has 1 unspecified atom stereocenters. The van der Waals surface area contributed by atoms with Crippen molar-refractivity contribution in [3.05, 3.63) is 87.3 Å².